The molecule has 0 spiro atoms. The average Bonchev–Trinajstić information content (AvgIpc) is 3.51. The van der Waals surface area contributed by atoms with E-state index in [1.165, 1.54) is 19.2 Å². The molecule has 0 saturated carbocycles. The minimum Gasteiger partial charge on any atom is -0.325 e. The van der Waals surface area contributed by atoms with Gasteiger partial charge in [-0.2, -0.15) is 10.2 Å². The van der Waals surface area contributed by atoms with Crippen molar-refractivity contribution in [2.24, 2.45) is 10.2 Å². The lowest BCUT2D eigenvalue weighted by Crippen LogP contribution is -2.54. The summed E-state index contributed by atoms with van der Waals surface area (Å²) in [6.45, 7) is 0. The van der Waals surface area contributed by atoms with Gasteiger partial charge in [0, 0.05) is 39.2 Å². The quantitative estimate of drug-likeness (QED) is 0.515. The number of anilines is 1. The van der Waals surface area contributed by atoms with Crippen molar-refractivity contribution in [2.45, 2.75) is 50.2 Å². The fraction of sp³-hybridized carbons (Fsp3) is 0.409. The molecular weight excluding hydrogens is 414 g/mol. The molecule has 0 bridgehead atoms. The number of hydrogen-bond acceptors (Lipinski definition) is 7. The number of benzene rings is 1. The summed E-state index contributed by atoms with van der Waals surface area (Å²) in [5.41, 5.74) is -0.252. The molecule has 1 fully saturated rings. The van der Waals surface area contributed by atoms with Crippen molar-refractivity contribution in [1.82, 2.24) is 9.80 Å². The molecule has 10 nitrogen and oxygen atoms in total. The molecule has 3 aliphatic rings. The van der Waals surface area contributed by atoms with Crippen molar-refractivity contribution in [3.05, 3.63) is 29.3 Å². The largest absolute Gasteiger partial charge is 0.325 e. The zero-order valence-electron chi connectivity index (χ0n) is 17.5. The van der Waals surface area contributed by atoms with Crippen LogP contribution in [0.4, 0.5) is 5.69 Å². The molecule has 32 heavy (non-hydrogen) atoms. The molecule has 10 heteroatoms. The van der Waals surface area contributed by atoms with Crippen LogP contribution >= 0.6 is 0 Å². The first-order valence-electron chi connectivity index (χ1n) is 10.3. The first kappa shape index (κ1) is 21.4. The Morgan fingerprint density at radius 1 is 1.22 bits per heavy atom. The van der Waals surface area contributed by atoms with E-state index in [0.29, 0.717) is 19.3 Å². The second-order valence-corrected chi connectivity index (χ2v) is 7.99. The normalized spacial score (nSPS) is 20.9. The van der Waals surface area contributed by atoms with E-state index in [1.54, 1.807) is 6.07 Å². The Labute approximate surface area is 184 Å². The first-order valence-corrected chi connectivity index (χ1v) is 10.3. The van der Waals surface area contributed by atoms with Gasteiger partial charge in [-0.05, 0) is 18.6 Å². The number of terminal acetylenes is 1. The SMILES string of the molecule is C#CCCC1(CCC(=O)Nc2cccc3c2C(=O)N(C2CCC(=O)N(C)C2=O)C3=O)N=N1. The molecular formula is C22H21N5O5. The van der Waals surface area contributed by atoms with Gasteiger partial charge in [-0.1, -0.05) is 6.07 Å². The fourth-order valence-corrected chi connectivity index (χ4v) is 4.02. The van der Waals surface area contributed by atoms with Crippen molar-refractivity contribution in [2.75, 3.05) is 12.4 Å². The zero-order valence-corrected chi connectivity index (χ0v) is 17.5. The van der Waals surface area contributed by atoms with Gasteiger partial charge in [0.1, 0.15) is 6.04 Å². The number of carbonyl (C=O) groups is 5. The highest BCUT2D eigenvalue weighted by atomic mass is 16.2. The Hall–Kier alpha value is -3.87. The van der Waals surface area contributed by atoms with Gasteiger partial charge in [0.25, 0.3) is 17.7 Å². The predicted octanol–water partition coefficient (Wildman–Crippen LogP) is 1.72. The van der Waals surface area contributed by atoms with E-state index in [4.69, 9.17) is 6.42 Å². The maximum Gasteiger partial charge on any atom is 0.264 e. The number of piperidine rings is 1. The van der Waals surface area contributed by atoms with Crippen molar-refractivity contribution in [3.63, 3.8) is 0 Å². The number of carbonyl (C=O) groups excluding carboxylic acids is 5. The van der Waals surface area contributed by atoms with Crippen LogP contribution in [-0.2, 0) is 14.4 Å². The standard InChI is InChI=1S/C22H21N5O5/c1-3-4-11-22(24-25-22)12-10-16(28)23-14-7-5-6-13-18(14)21(32)27(19(13)30)15-8-9-17(29)26(2)20(15)31/h1,5-7,15H,4,8-12H2,2H3,(H,23,28). The number of nitrogens with one attached hydrogen (secondary N) is 1. The number of imide groups is 2. The van der Waals surface area contributed by atoms with E-state index in [-0.39, 0.29) is 47.9 Å². The number of hydrogen-bond donors (Lipinski definition) is 1. The van der Waals surface area contributed by atoms with Crippen LogP contribution in [0.15, 0.2) is 28.4 Å². The lowest BCUT2D eigenvalue weighted by Gasteiger charge is -2.32. The van der Waals surface area contributed by atoms with Gasteiger partial charge in [0.15, 0.2) is 5.66 Å². The first-order chi connectivity index (χ1) is 15.3. The number of amides is 5. The lowest BCUT2D eigenvalue weighted by molar-refractivity contribution is -0.149. The maximum absolute atomic E-state index is 13.1. The minimum absolute atomic E-state index is 0.0426. The maximum atomic E-state index is 13.1. The van der Waals surface area contributed by atoms with Crippen LogP contribution < -0.4 is 5.32 Å². The molecule has 1 N–H and O–H groups in total. The van der Waals surface area contributed by atoms with E-state index >= 15 is 0 Å². The summed E-state index contributed by atoms with van der Waals surface area (Å²) in [5, 5.41) is 10.7. The average molecular weight is 435 g/mol. The van der Waals surface area contributed by atoms with E-state index in [1.807, 2.05) is 0 Å². The highest BCUT2D eigenvalue weighted by Crippen LogP contribution is 2.38. The molecule has 0 radical (unpaired) electrons. The van der Waals surface area contributed by atoms with E-state index in [0.717, 1.165) is 9.80 Å². The van der Waals surface area contributed by atoms with Crippen LogP contribution in [-0.4, -0.2) is 58.1 Å². The van der Waals surface area contributed by atoms with Crippen LogP contribution in [0.2, 0.25) is 0 Å². The summed E-state index contributed by atoms with van der Waals surface area (Å²) in [4.78, 5) is 64.7. The highest BCUT2D eigenvalue weighted by molar-refractivity contribution is 6.26. The molecule has 0 aliphatic carbocycles. The Bertz CT molecular complexity index is 1110. The Balaban J connectivity index is 1.49. The molecule has 0 aromatic heterocycles. The van der Waals surface area contributed by atoms with E-state index in [9.17, 15) is 24.0 Å². The molecule has 5 amide bonds. The number of nitrogens with zero attached hydrogens (tertiary/aromatic N) is 4. The summed E-state index contributed by atoms with van der Waals surface area (Å²) >= 11 is 0. The summed E-state index contributed by atoms with van der Waals surface area (Å²) < 4.78 is 0. The molecule has 1 aromatic carbocycles. The van der Waals surface area contributed by atoms with Crippen molar-refractivity contribution in [1.29, 1.82) is 0 Å². The van der Waals surface area contributed by atoms with Crippen LogP contribution in [0.25, 0.3) is 0 Å². The summed E-state index contributed by atoms with van der Waals surface area (Å²) in [5.74, 6) is -0.0698. The van der Waals surface area contributed by atoms with Crippen molar-refractivity contribution in [3.8, 4) is 12.3 Å². The minimum atomic E-state index is -1.05. The monoisotopic (exact) mass is 435 g/mol. The van der Waals surface area contributed by atoms with Crippen molar-refractivity contribution < 1.29 is 24.0 Å². The molecule has 1 saturated heterocycles. The molecule has 1 aromatic rings. The van der Waals surface area contributed by atoms with Crippen LogP contribution in [0, 0.1) is 12.3 Å². The zero-order chi connectivity index (χ0) is 23.0. The summed E-state index contributed by atoms with van der Waals surface area (Å²) in [6, 6.07) is 3.51. The number of rotatable bonds is 7. The van der Waals surface area contributed by atoms with Gasteiger partial charge in [0.05, 0.1) is 16.8 Å². The molecule has 164 valence electrons. The van der Waals surface area contributed by atoms with Crippen LogP contribution in [0.1, 0.15) is 59.2 Å². The number of likely N-dealkylation sites (N-methyl/N-ethyl adjacent to an activating group) is 1. The van der Waals surface area contributed by atoms with Gasteiger partial charge in [0.2, 0.25) is 11.8 Å². The molecule has 1 unspecified atom stereocenters. The second-order valence-electron chi connectivity index (χ2n) is 7.99. The smallest absolute Gasteiger partial charge is 0.264 e. The lowest BCUT2D eigenvalue weighted by atomic mass is 10.0. The Morgan fingerprint density at radius 3 is 2.66 bits per heavy atom. The predicted molar refractivity (Wildman–Crippen MR) is 111 cm³/mol. The third kappa shape index (κ3) is 3.66. The van der Waals surface area contributed by atoms with Gasteiger partial charge in [-0.3, -0.25) is 33.8 Å². The fourth-order valence-electron chi connectivity index (χ4n) is 4.02. The summed E-state index contributed by atoms with van der Waals surface area (Å²) in [6.07, 6.45) is 6.99. The van der Waals surface area contributed by atoms with Gasteiger partial charge in [-0.15, -0.1) is 12.3 Å². The van der Waals surface area contributed by atoms with Crippen molar-refractivity contribution >= 4 is 35.2 Å². The molecule has 1 atom stereocenters. The van der Waals surface area contributed by atoms with Gasteiger partial charge >= 0.3 is 0 Å². The summed E-state index contributed by atoms with van der Waals surface area (Å²) in [7, 11) is 1.33. The van der Waals surface area contributed by atoms with E-state index < -0.39 is 29.4 Å². The molecule has 3 heterocycles. The second kappa shape index (κ2) is 8.00. The van der Waals surface area contributed by atoms with Gasteiger partial charge < -0.3 is 5.32 Å². The highest BCUT2D eigenvalue weighted by Gasteiger charge is 2.47. The number of likely N-dealkylation sites (tertiary alicyclic amines) is 1. The third-order valence-electron chi connectivity index (χ3n) is 5.96. The van der Waals surface area contributed by atoms with Crippen LogP contribution in [0.5, 0.6) is 0 Å². The van der Waals surface area contributed by atoms with Crippen LogP contribution in [0.3, 0.4) is 0 Å². The Kier molecular flexibility index (Phi) is 5.34. The van der Waals surface area contributed by atoms with Gasteiger partial charge in [-0.25, -0.2) is 0 Å². The topological polar surface area (TPSA) is 129 Å². The molecule has 4 rings (SSSR count). The number of fused-ring (bicyclic) bond motifs is 1. The van der Waals surface area contributed by atoms with E-state index in [2.05, 4.69) is 21.5 Å². The molecule has 3 aliphatic heterocycles. The third-order valence-corrected chi connectivity index (χ3v) is 5.96. The Morgan fingerprint density at radius 2 is 1.97 bits per heavy atom.